The molecule has 1 aliphatic heterocycles. The van der Waals surface area contributed by atoms with Crippen LogP contribution in [0.15, 0.2) is 0 Å². The van der Waals surface area contributed by atoms with E-state index in [9.17, 15) is 13.6 Å². The summed E-state index contributed by atoms with van der Waals surface area (Å²) in [7, 11) is 0. The third kappa shape index (κ3) is 1.23. The minimum absolute atomic E-state index is 0.0312. The van der Waals surface area contributed by atoms with Crippen LogP contribution < -0.4 is 0 Å². The van der Waals surface area contributed by atoms with Gasteiger partial charge in [-0.15, -0.1) is 0 Å². The van der Waals surface area contributed by atoms with E-state index in [0.29, 0.717) is 4.90 Å². The fourth-order valence-electron chi connectivity index (χ4n) is 0.734. The van der Waals surface area contributed by atoms with E-state index in [1.165, 1.54) is 0 Å². The van der Waals surface area contributed by atoms with Crippen LogP contribution in [0.3, 0.4) is 0 Å². The second-order valence-electron chi connectivity index (χ2n) is 2.02. The Labute approximate surface area is 56.6 Å². The van der Waals surface area contributed by atoms with Crippen LogP contribution in [0.2, 0.25) is 0 Å². The first kappa shape index (κ1) is 7.40. The summed E-state index contributed by atoms with van der Waals surface area (Å²) in [5.74, 6) is 0. The Kier molecular flexibility index (Phi) is 1.85. The standard InChI is InChI=1S/C5H7F2NO2/c6-5(7)3-10-2-1-8(5)4-9/h4H,1-3H2. The number of amides is 1. The smallest absolute Gasteiger partial charge is 0.350 e. The molecule has 0 aromatic rings. The van der Waals surface area contributed by atoms with Crippen molar-refractivity contribution >= 4 is 6.41 Å². The van der Waals surface area contributed by atoms with Crippen molar-refractivity contribution in [2.45, 2.75) is 6.05 Å². The third-order valence-corrected chi connectivity index (χ3v) is 1.30. The molecular formula is C5H7F2NO2. The van der Waals surface area contributed by atoms with Crippen molar-refractivity contribution in [2.24, 2.45) is 0 Å². The van der Waals surface area contributed by atoms with Crippen LogP contribution in [0.5, 0.6) is 0 Å². The Morgan fingerprint density at radius 2 is 2.30 bits per heavy atom. The highest BCUT2D eigenvalue weighted by Gasteiger charge is 2.39. The van der Waals surface area contributed by atoms with Gasteiger partial charge in [-0.25, -0.2) is 0 Å². The lowest BCUT2D eigenvalue weighted by Gasteiger charge is -2.31. The third-order valence-electron chi connectivity index (χ3n) is 1.30. The first-order valence-corrected chi connectivity index (χ1v) is 2.84. The molecule has 0 saturated carbocycles. The first-order chi connectivity index (χ1) is 4.67. The van der Waals surface area contributed by atoms with Crippen molar-refractivity contribution in [2.75, 3.05) is 19.8 Å². The molecule has 1 saturated heterocycles. The number of ether oxygens (including phenoxy) is 1. The fourth-order valence-corrected chi connectivity index (χ4v) is 0.734. The molecule has 0 atom stereocenters. The maximum atomic E-state index is 12.4. The van der Waals surface area contributed by atoms with Crippen molar-refractivity contribution in [3.63, 3.8) is 0 Å². The highest BCUT2D eigenvalue weighted by Crippen LogP contribution is 2.20. The van der Waals surface area contributed by atoms with Crippen LogP contribution in [0.4, 0.5) is 8.78 Å². The van der Waals surface area contributed by atoms with Crippen molar-refractivity contribution < 1.29 is 18.3 Å². The second kappa shape index (κ2) is 2.49. The van der Waals surface area contributed by atoms with Crippen molar-refractivity contribution in [3.8, 4) is 0 Å². The highest BCUT2D eigenvalue weighted by molar-refractivity contribution is 5.48. The summed E-state index contributed by atoms with van der Waals surface area (Å²) in [5.41, 5.74) is 0. The number of rotatable bonds is 1. The van der Waals surface area contributed by atoms with Gasteiger partial charge in [0.05, 0.1) is 6.61 Å². The van der Waals surface area contributed by atoms with Gasteiger partial charge in [-0.3, -0.25) is 9.69 Å². The maximum absolute atomic E-state index is 12.4. The number of carbonyl (C=O) groups is 1. The van der Waals surface area contributed by atoms with Crippen molar-refractivity contribution in [3.05, 3.63) is 0 Å². The predicted octanol–water partition coefficient (Wildman–Crippen LogP) is 0.0678. The summed E-state index contributed by atoms with van der Waals surface area (Å²) >= 11 is 0. The van der Waals surface area contributed by atoms with Crippen LogP contribution in [-0.2, 0) is 9.53 Å². The molecule has 0 aromatic heterocycles. The number of hydrogen-bond donors (Lipinski definition) is 0. The van der Waals surface area contributed by atoms with E-state index in [2.05, 4.69) is 4.74 Å². The average Bonchev–Trinajstić information content (AvgIpc) is 1.87. The molecule has 0 N–H and O–H groups in total. The van der Waals surface area contributed by atoms with Crippen molar-refractivity contribution in [1.29, 1.82) is 0 Å². The number of carbonyl (C=O) groups excluding carboxylic acids is 1. The molecule has 10 heavy (non-hydrogen) atoms. The van der Waals surface area contributed by atoms with Gasteiger partial charge in [0.15, 0.2) is 0 Å². The molecule has 58 valence electrons. The van der Waals surface area contributed by atoms with E-state index in [1.54, 1.807) is 0 Å². The van der Waals surface area contributed by atoms with E-state index in [-0.39, 0.29) is 19.6 Å². The van der Waals surface area contributed by atoms with Crippen molar-refractivity contribution in [1.82, 2.24) is 4.90 Å². The first-order valence-electron chi connectivity index (χ1n) is 2.84. The second-order valence-corrected chi connectivity index (χ2v) is 2.02. The number of hydrogen-bond acceptors (Lipinski definition) is 2. The van der Waals surface area contributed by atoms with Gasteiger partial charge in [-0.05, 0) is 0 Å². The van der Waals surface area contributed by atoms with E-state index in [0.717, 1.165) is 0 Å². The molecule has 3 nitrogen and oxygen atoms in total. The summed E-state index contributed by atoms with van der Waals surface area (Å²) in [4.78, 5) is 10.4. The van der Waals surface area contributed by atoms with Crippen LogP contribution in [0, 0.1) is 0 Å². The van der Waals surface area contributed by atoms with Gasteiger partial charge in [-0.2, -0.15) is 8.78 Å². The summed E-state index contributed by atoms with van der Waals surface area (Å²) < 4.78 is 29.3. The van der Waals surface area contributed by atoms with E-state index in [1.807, 2.05) is 0 Å². The average molecular weight is 151 g/mol. The summed E-state index contributed by atoms with van der Waals surface area (Å²) in [6.07, 6.45) is 0.141. The Morgan fingerprint density at radius 1 is 1.60 bits per heavy atom. The van der Waals surface area contributed by atoms with E-state index < -0.39 is 12.7 Å². The summed E-state index contributed by atoms with van der Waals surface area (Å²) in [6.45, 7) is -0.531. The molecule has 5 heteroatoms. The highest BCUT2D eigenvalue weighted by atomic mass is 19.3. The summed E-state index contributed by atoms with van der Waals surface area (Å²) in [5, 5.41) is 0. The van der Waals surface area contributed by atoms with Gasteiger partial charge in [-0.1, -0.05) is 0 Å². The zero-order valence-electron chi connectivity index (χ0n) is 5.22. The topological polar surface area (TPSA) is 29.5 Å². The van der Waals surface area contributed by atoms with Gasteiger partial charge < -0.3 is 4.74 Å². The molecule has 0 radical (unpaired) electrons. The molecule has 1 fully saturated rings. The van der Waals surface area contributed by atoms with Crippen LogP contribution in [-0.4, -0.2) is 37.1 Å². The molecular weight excluding hydrogens is 144 g/mol. The minimum Gasteiger partial charge on any atom is -0.371 e. The molecule has 1 heterocycles. The molecule has 0 spiro atoms. The van der Waals surface area contributed by atoms with Gasteiger partial charge in [0.1, 0.15) is 6.61 Å². The molecule has 1 rings (SSSR count). The lowest BCUT2D eigenvalue weighted by atomic mass is 10.4. The quantitative estimate of drug-likeness (QED) is 0.392. The zero-order valence-corrected chi connectivity index (χ0v) is 5.22. The van der Waals surface area contributed by atoms with Gasteiger partial charge >= 0.3 is 6.05 Å². The lowest BCUT2D eigenvalue weighted by Crippen LogP contribution is -2.50. The Morgan fingerprint density at radius 3 is 2.70 bits per heavy atom. The molecule has 1 amide bonds. The number of halogens is 2. The maximum Gasteiger partial charge on any atom is 0.350 e. The Balaban J connectivity index is 2.59. The Hall–Kier alpha value is -0.710. The predicted molar refractivity (Wildman–Crippen MR) is 28.5 cm³/mol. The SMILES string of the molecule is O=CN1CCOCC1(F)F. The lowest BCUT2D eigenvalue weighted by molar-refractivity contribution is -0.210. The normalized spacial score (nSPS) is 24.4. The molecule has 0 bridgehead atoms. The number of morpholine rings is 1. The van der Waals surface area contributed by atoms with Gasteiger partial charge in [0, 0.05) is 6.54 Å². The van der Waals surface area contributed by atoms with E-state index >= 15 is 0 Å². The molecule has 0 aliphatic carbocycles. The zero-order chi connectivity index (χ0) is 7.61. The van der Waals surface area contributed by atoms with Gasteiger partial charge in [0.2, 0.25) is 6.41 Å². The molecule has 1 aliphatic rings. The van der Waals surface area contributed by atoms with Crippen LogP contribution >= 0.6 is 0 Å². The Bertz CT molecular complexity index is 140. The van der Waals surface area contributed by atoms with E-state index in [4.69, 9.17) is 0 Å². The number of alkyl halides is 2. The monoisotopic (exact) mass is 151 g/mol. The number of nitrogens with zero attached hydrogens (tertiary/aromatic N) is 1. The van der Waals surface area contributed by atoms with Crippen LogP contribution in [0.1, 0.15) is 0 Å². The molecule has 0 aromatic carbocycles. The molecule has 0 unspecified atom stereocenters. The summed E-state index contributed by atoms with van der Waals surface area (Å²) in [6, 6.07) is -3.11. The minimum atomic E-state index is -3.11. The fraction of sp³-hybridized carbons (Fsp3) is 0.800. The van der Waals surface area contributed by atoms with Gasteiger partial charge in [0.25, 0.3) is 0 Å². The van der Waals surface area contributed by atoms with Crippen LogP contribution in [0.25, 0.3) is 0 Å². The largest absolute Gasteiger partial charge is 0.371 e.